The highest BCUT2D eigenvalue weighted by molar-refractivity contribution is 14.1. The average molecular weight is 340 g/mol. The van der Waals surface area contributed by atoms with Crippen molar-refractivity contribution in [1.82, 2.24) is 9.78 Å². The Bertz CT molecular complexity index is 513. The molecule has 0 saturated carbocycles. The van der Waals surface area contributed by atoms with Crippen LogP contribution in [0, 0.1) is 31.4 Å². The van der Waals surface area contributed by atoms with Gasteiger partial charge in [0.05, 0.1) is 6.54 Å². The Kier molecular flexibility index (Phi) is 3.56. The molecule has 0 aliphatic heterocycles. The minimum absolute atomic E-state index is 0.863. The van der Waals surface area contributed by atoms with Crippen molar-refractivity contribution in [2.75, 3.05) is 0 Å². The van der Waals surface area contributed by atoms with E-state index in [4.69, 9.17) is 0 Å². The Hall–Kier alpha value is -0.840. The van der Waals surface area contributed by atoms with E-state index in [-0.39, 0.29) is 0 Å². The van der Waals surface area contributed by atoms with Crippen LogP contribution in [0.4, 0.5) is 0 Å². The molecule has 0 amide bonds. The molecule has 1 aromatic carbocycles. The molecule has 0 N–H and O–H groups in total. The second-order valence-electron chi connectivity index (χ2n) is 4.68. The molecule has 1 aromatic heterocycles. The summed E-state index contributed by atoms with van der Waals surface area (Å²) >= 11 is 2.28. The highest BCUT2D eigenvalue weighted by Crippen LogP contribution is 2.18. The normalized spacial score (nSPS) is 10.9. The van der Waals surface area contributed by atoms with E-state index in [0.29, 0.717) is 0 Å². The Morgan fingerprint density at radius 2 is 1.65 bits per heavy atom. The van der Waals surface area contributed by atoms with Crippen LogP contribution >= 0.6 is 22.6 Å². The van der Waals surface area contributed by atoms with E-state index in [2.05, 4.69) is 73.7 Å². The van der Waals surface area contributed by atoms with Gasteiger partial charge in [-0.2, -0.15) is 5.10 Å². The van der Waals surface area contributed by atoms with E-state index >= 15 is 0 Å². The number of nitrogens with zero attached hydrogens (tertiary/aromatic N) is 2. The average Bonchev–Trinajstić information content (AvgIpc) is 2.52. The predicted molar refractivity (Wildman–Crippen MR) is 79.4 cm³/mol. The summed E-state index contributed by atoms with van der Waals surface area (Å²) in [6, 6.07) is 4.48. The maximum Gasteiger partial charge on any atom is 0.126 e. The monoisotopic (exact) mass is 340 g/mol. The molecular formula is C14H17IN2. The minimum atomic E-state index is 0.863. The summed E-state index contributed by atoms with van der Waals surface area (Å²) in [6.45, 7) is 9.46. The van der Waals surface area contributed by atoms with Gasteiger partial charge in [0.15, 0.2) is 0 Å². The molecule has 17 heavy (non-hydrogen) atoms. The van der Waals surface area contributed by atoms with Gasteiger partial charge in [0.25, 0.3) is 0 Å². The van der Waals surface area contributed by atoms with Gasteiger partial charge < -0.3 is 0 Å². The van der Waals surface area contributed by atoms with Crippen LogP contribution in [0.25, 0.3) is 0 Å². The maximum absolute atomic E-state index is 4.51. The fourth-order valence-corrected chi connectivity index (χ4v) is 2.62. The SMILES string of the molecule is Cc1cc(C)c(Cn2cc(C)c(I)n2)c(C)c1. The molecule has 2 aromatic rings. The number of rotatable bonds is 2. The molecule has 0 fully saturated rings. The second-order valence-corrected chi connectivity index (χ2v) is 5.70. The van der Waals surface area contributed by atoms with Crippen molar-refractivity contribution < 1.29 is 0 Å². The fourth-order valence-electron chi connectivity index (χ4n) is 2.20. The topological polar surface area (TPSA) is 17.8 Å². The van der Waals surface area contributed by atoms with Crippen LogP contribution in [0.15, 0.2) is 18.3 Å². The van der Waals surface area contributed by atoms with Gasteiger partial charge in [0.2, 0.25) is 0 Å². The van der Waals surface area contributed by atoms with Crippen molar-refractivity contribution in [1.29, 1.82) is 0 Å². The Labute approximate surface area is 116 Å². The first-order valence-corrected chi connectivity index (χ1v) is 6.81. The molecule has 0 spiro atoms. The summed E-state index contributed by atoms with van der Waals surface area (Å²) in [6.07, 6.45) is 2.11. The van der Waals surface area contributed by atoms with Gasteiger partial charge in [-0.15, -0.1) is 0 Å². The Balaban J connectivity index is 2.36. The lowest BCUT2D eigenvalue weighted by Gasteiger charge is -2.11. The largest absolute Gasteiger partial charge is 0.267 e. The molecule has 0 atom stereocenters. The standard InChI is InChI=1S/C14H17IN2/c1-9-5-10(2)13(11(3)6-9)8-17-7-12(4)14(15)16-17/h5-7H,8H2,1-4H3. The first-order valence-electron chi connectivity index (χ1n) is 5.73. The molecule has 1 heterocycles. The summed E-state index contributed by atoms with van der Waals surface area (Å²) in [5, 5.41) is 4.51. The third-order valence-corrected chi connectivity index (χ3v) is 4.11. The zero-order chi connectivity index (χ0) is 12.6. The van der Waals surface area contributed by atoms with Crippen molar-refractivity contribution in [3.8, 4) is 0 Å². The molecule has 2 nitrogen and oxygen atoms in total. The number of halogens is 1. The van der Waals surface area contributed by atoms with E-state index in [1.807, 2.05) is 4.68 Å². The zero-order valence-corrected chi connectivity index (χ0v) is 12.9. The van der Waals surface area contributed by atoms with Crippen molar-refractivity contribution in [2.45, 2.75) is 34.2 Å². The maximum atomic E-state index is 4.51. The van der Waals surface area contributed by atoms with Crippen LogP contribution in [0.5, 0.6) is 0 Å². The molecular weight excluding hydrogens is 323 g/mol. The summed E-state index contributed by atoms with van der Waals surface area (Å²) in [5.41, 5.74) is 6.66. The van der Waals surface area contributed by atoms with Gasteiger partial charge >= 0.3 is 0 Å². The van der Waals surface area contributed by atoms with E-state index in [1.165, 1.54) is 27.8 Å². The number of hydrogen-bond acceptors (Lipinski definition) is 1. The predicted octanol–water partition coefficient (Wildman–Crippen LogP) is 3.77. The lowest BCUT2D eigenvalue weighted by atomic mass is 10.00. The third kappa shape index (κ3) is 2.70. The number of aryl methyl sites for hydroxylation is 4. The molecule has 2 rings (SSSR count). The number of benzene rings is 1. The van der Waals surface area contributed by atoms with Crippen molar-refractivity contribution in [3.05, 3.63) is 49.8 Å². The lowest BCUT2D eigenvalue weighted by Crippen LogP contribution is -2.04. The van der Waals surface area contributed by atoms with Crippen LogP contribution in [-0.2, 0) is 6.54 Å². The van der Waals surface area contributed by atoms with Crippen molar-refractivity contribution >= 4 is 22.6 Å². The van der Waals surface area contributed by atoms with Gasteiger partial charge in [0, 0.05) is 11.8 Å². The third-order valence-electron chi connectivity index (χ3n) is 3.04. The van der Waals surface area contributed by atoms with Gasteiger partial charge in [0.1, 0.15) is 3.70 Å². The molecule has 90 valence electrons. The molecule has 0 aliphatic carbocycles. The van der Waals surface area contributed by atoms with Crippen molar-refractivity contribution in [3.63, 3.8) is 0 Å². The van der Waals surface area contributed by atoms with Crippen LogP contribution in [0.3, 0.4) is 0 Å². The molecule has 0 radical (unpaired) electrons. The van der Waals surface area contributed by atoms with Gasteiger partial charge in [-0.05, 0) is 67.0 Å². The number of hydrogen-bond donors (Lipinski definition) is 0. The molecule has 0 unspecified atom stereocenters. The minimum Gasteiger partial charge on any atom is -0.267 e. The summed E-state index contributed by atoms with van der Waals surface area (Å²) < 4.78 is 3.12. The quantitative estimate of drug-likeness (QED) is 0.761. The van der Waals surface area contributed by atoms with E-state index < -0.39 is 0 Å². The molecule has 0 saturated heterocycles. The number of aromatic nitrogens is 2. The van der Waals surface area contributed by atoms with Gasteiger partial charge in [-0.25, -0.2) is 0 Å². The van der Waals surface area contributed by atoms with E-state index in [1.54, 1.807) is 0 Å². The van der Waals surface area contributed by atoms with E-state index in [0.717, 1.165) is 10.2 Å². The van der Waals surface area contributed by atoms with E-state index in [9.17, 15) is 0 Å². The fraction of sp³-hybridized carbons (Fsp3) is 0.357. The molecule has 0 bridgehead atoms. The lowest BCUT2D eigenvalue weighted by molar-refractivity contribution is 0.675. The first-order chi connectivity index (χ1) is 7.97. The van der Waals surface area contributed by atoms with Crippen LogP contribution in [0.1, 0.15) is 27.8 Å². The Morgan fingerprint density at radius 3 is 2.12 bits per heavy atom. The zero-order valence-electron chi connectivity index (χ0n) is 10.7. The highest BCUT2D eigenvalue weighted by atomic mass is 127. The molecule has 0 aliphatic rings. The highest BCUT2D eigenvalue weighted by Gasteiger charge is 2.07. The van der Waals surface area contributed by atoms with Gasteiger partial charge in [-0.3, -0.25) is 4.68 Å². The smallest absolute Gasteiger partial charge is 0.126 e. The van der Waals surface area contributed by atoms with Crippen molar-refractivity contribution in [2.24, 2.45) is 0 Å². The van der Waals surface area contributed by atoms with Gasteiger partial charge in [-0.1, -0.05) is 17.7 Å². The molecule has 3 heteroatoms. The summed E-state index contributed by atoms with van der Waals surface area (Å²) in [5.74, 6) is 0. The summed E-state index contributed by atoms with van der Waals surface area (Å²) in [7, 11) is 0. The Morgan fingerprint density at radius 1 is 1.06 bits per heavy atom. The first kappa shape index (κ1) is 12.6. The second kappa shape index (κ2) is 4.80. The van der Waals surface area contributed by atoms with Crippen LogP contribution in [-0.4, -0.2) is 9.78 Å². The van der Waals surface area contributed by atoms with Crippen LogP contribution < -0.4 is 0 Å². The van der Waals surface area contributed by atoms with Crippen LogP contribution in [0.2, 0.25) is 0 Å². The summed E-state index contributed by atoms with van der Waals surface area (Å²) in [4.78, 5) is 0.